The Kier molecular flexibility index (Phi) is 15.2. The summed E-state index contributed by atoms with van der Waals surface area (Å²) in [6.07, 6.45) is 0.263. The first-order valence-electron chi connectivity index (χ1n) is 19.6. The minimum atomic E-state index is -5.04. The number of anilines is 7. The predicted molar refractivity (Wildman–Crippen MR) is 246 cm³/mol. The van der Waals surface area contributed by atoms with Crippen LogP contribution < -0.4 is 42.0 Å². The number of aliphatic carboxylic acids is 2. The first-order chi connectivity index (χ1) is 32.3. The molecule has 1 aliphatic carbocycles. The topological polar surface area (TPSA) is 380 Å². The number of halogens is 4. The molecule has 26 nitrogen and oxygen atoms in total. The van der Waals surface area contributed by atoms with Crippen molar-refractivity contribution in [1.82, 2.24) is 34.9 Å². The van der Waals surface area contributed by atoms with Crippen LogP contribution in [0.15, 0.2) is 43.5 Å². The Morgan fingerprint density at radius 1 is 0.647 bits per heavy atom. The van der Waals surface area contributed by atoms with Crippen molar-refractivity contribution >= 4 is 131 Å². The highest BCUT2D eigenvalue weighted by molar-refractivity contribution is 7.86. The third kappa shape index (κ3) is 11.8. The Labute approximate surface area is 403 Å². The van der Waals surface area contributed by atoms with Crippen LogP contribution >= 0.6 is 46.4 Å². The summed E-state index contributed by atoms with van der Waals surface area (Å²) in [5.74, 6) is -2.77. The van der Waals surface area contributed by atoms with Gasteiger partial charge in [-0.1, -0.05) is 23.2 Å². The van der Waals surface area contributed by atoms with E-state index in [2.05, 4.69) is 71.8 Å². The second-order valence-electron chi connectivity index (χ2n) is 14.0. The maximum absolute atomic E-state index is 12.9. The Morgan fingerprint density at radius 2 is 1.19 bits per heavy atom. The van der Waals surface area contributed by atoms with E-state index in [9.17, 15) is 35.5 Å². The summed E-state index contributed by atoms with van der Waals surface area (Å²) >= 11 is 25.6. The van der Waals surface area contributed by atoms with Gasteiger partial charge in [0.05, 0.1) is 29.6 Å². The normalized spacial score (nSPS) is 12.5. The molecule has 0 bridgehead atoms. The van der Waals surface area contributed by atoms with Crippen LogP contribution in [0.5, 0.6) is 11.5 Å². The molecule has 10 N–H and O–H groups in total. The van der Waals surface area contributed by atoms with Crippen LogP contribution in [0.3, 0.4) is 0 Å². The molecule has 0 spiro atoms. The SMILES string of the molecule is O=C(O)CCNc1nc(Cl)nc(NCCCN=c2ccc3nc4c(Cl)c5c(c(Cl)c4oc-3c2S(=O)(=O)O)Nc2ccc(NCCCNc3nc(Cl)nc(NCCC(=O)O)n3)c(S(=O)(=O)O)c2O5)n1. The molecular weight excluding hydrogens is 1030 g/mol. The zero-order valence-electron chi connectivity index (χ0n) is 34.3. The van der Waals surface area contributed by atoms with Crippen molar-refractivity contribution in [2.24, 2.45) is 4.99 Å². The standard InChI is InChI=1S/C36H34Cl4N14O12S2/c37-21-24-28(66-26-16(48-24)4-6-18(30(26)68(62,63)64)42-10-2-12-44-34-50-32(40)52-36(54-34)46-14-8-20(57)58)22(38)23-27(21)65-25-15(47-23)3-5-17(29(25)67(59,60)61)41-9-1-11-43-33-49-31(39)51-35(53-33)45-13-7-19(55)56/h3-6,41,47H,1-2,7-14H2,(H,55,56)(H,57,58)(H,59,60,61)(H,62,63,64)(H2,43,45,49,51,53)(H2,44,46,50,52,54). The molecule has 2 aliphatic heterocycles. The van der Waals surface area contributed by atoms with Gasteiger partial charge in [0.25, 0.3) is 10.1 Å². The molecule has 0 radical (unpaired) electrons. The quantitative estimate of drug-likeness (QED) is 0.0246. The third-order valence-electron chi connectivity index (χ3n) is 9.18. The monoisotopic (exact) mass is 1060 g/mol. The second kappa shape index (κ2) is 20.9. The minimum absolute atomic E-state index is 0.0154. The summed E-state index contributed by atoms with van der Waals surface area (Å²) in [6, 6.07) is 5.43. The summed E-state index contributed by atoms with van der Waals surface area (Å²) < 4.78 is 84.4. The van der Waals surface area contributed by atoms with Crippen LogP contribution in [0.2, 0.25) is 20.6 Å². The summed E-state index contributed by atoms with van der Waals surface area (Å²) in [7, 11) is -10.0. The number of hydrogen-bond acceptors (Lipinski definition) is 22. The smallest absolute Gasteiger partial charge is 0.305 e. The van der Waals surface area contributed by atoms with Crippen molar-refractivity contribution in [2.75, 3.05) is 71.2 Å². The lowest BCUT2D eigenvalue weighted by Gasteiger charge is -2.27. The average Bonchev–Trinajstić information content (AvgIpc) is 3.25. The first kappa shape index (κ1) is 49.5. The lowest BCUT2D eigenvalue weighted by atomic mass is 10.1. The van der Waals surface area contributed by atoms with Crippen LogP contribution in [0.4, 0.5) is 40.9 Å². The molecule has 7 rings (SSSR count). The van der Waals surface area contributed by atoms with E-state index in [0.29, 0.717) is 6.42 Å². The number of carboxylic acid groups (broad SMARTS) is 2. The van der Waals surface area contributed by atoms with Crippen LogP contribution in [0, 0.1) is 0 Å². The van der Waals surface area contributed by atoms with Crippen molar-refractivity contribution < 1.29 is 54.9 Å². The largest absolute Gasteiger partial charge is 0.481 e. The van der Waals surface area contributed by atoms with Gasteiger partial charge in [-0.3, -0.25) is 23.7 Å². The van der Waals surface area contributed by atoms with Gasteiger partial charge in [0.2, 0.25) is 34.4 Å². The van der Waals surface area contributed by atoms with Gasteiger partial charge in [0.15, 0.2) is 32.6 Å². The lowest BCUT2D eigenvalue weighted by Crippen LogP contribution is -2.19. The Hall–Kier alpha value is -6.40. The molecule has 360 valence electrons. The van der Waals surface area contributed by atoms with E-state index in [0.717, 1.165) is 0 Å². The molecule has 0 saturated carbocycles. The van der Waals surface area contributed by atoms with Gasteiger partial charge >= 0.3 is 22.1 Å². The Bertz CT molecular complexity index is 3230. The molecule has 32 heteroatoms. The van der Waals surface area contributed by atoms with Gasteiger partial charge in [-0.2, -0.15) is 46.7 Å². The van der Waals surface area contributed by atoms with Crippen molar-refractivity contribution in [3.05, 3.63) is 50.2 Å². The molecule has 0 amide bonds. The number of fused-ring (bicyclic) bond motifs is 4. The highest BCUT2D eigenvalue weighted by Crippen LogP contribution is 2.55. The van der Waals surface area contributed by atoms with Crippen molar-refractivity contribution in [3.63, 3.8) is 0 Å². The molecule has 2 aromatic heterocycles. The van der Waals surface area contributed by atoms with Gasteiger partial charge in [-0.05, 0) is 60.3 Å². The van der Waals surface area contributed by atoms with Crippen LogP contribution in [0.1, 0.15) is 25.7 Å². The van der Waals surface area contributed by atoms with Gasteiger partial charge < -0.3 is 51.3 Å². The molecule has 68 heavy (non-hydrogen) atoms. The lowest BCUT2D eigenvalue weighted by molar-refractivity contribution is -0.137. The van der Waals surface area contributed by atoms with Crippen LogP contribution in [0.25, 0.3) is 22.6 Å². The number of carboxylic acids is 2. The fourth-order valence-electron chi connectivity index (χ4n) is 6.32. The van der Waals surface area contributed by atoms with Crippen molar-refractivity contribution in [3.8, 4) is 23.0 Å². The molecule has 4 aromatic rings. The zero-order chi connectivity index (χ0) is 48.9. The van der Waals surface area contributed by atoms with Gasteiger partial charge in [-0.15, -0.1) is 0 Å². The minimum Gasteiger partial charge on any atom is -0.481 e. The fraction of sp³-hybridized carbons (Fsp3) is 0.278. The molecule has 2 aromatic carbocycles. The first-order valence-corrected chi connectivity index (χ1v) is 24.0. The molecule has 0 fully saturated rings. The van der Waals surface area contributed by atoms with E-state index in [4.69, 9.17) is 65.8 Å². The average molecular weight is 1060 g/mol. The molecule has 0 atom stereocenters. The van der Waals surface area contributed by atoms with Crippen LogP contribution in [-0.4, -0.2) is 122 Å². The number of aromatic nitrogens is 7. The summed E-state index contributed by atoms with van der Waals surface area (Å²) in [5.41, 5.74) is -0.595. The molecule has 3 aliphatic rings. The van der Waals surface area contributed by atoms with E-state index in [1.807, 2.05) is 0 Å². The number of benzene rings is 3. The van der Waals surface area contributed by atoms with E-state index in [1.54, 1.807) is 0 Å². The number of rotatable bonds is 21. The fourth-order valence-corrected chi connectivity index (χ4v) is 8.75. The number of hydrogen-bond donors (Lipinski definition) is 10. The van der Waals surface area contributed by atoms with Crippen LogP contribution in [-0.2, 0) is 29.8 Å². The zero-order valence-corrected chi connectivity index (χ0v) is 39.0. The van der Waals surface area contributed by atoms with Crippen molar-refractivity contribution in [2.45, 2.75) is 35.5 Å². The number of ether oxygens (including phenoxy) is 1. The molecular formula is C36H34Cl4N14O12S2. The summed E-state index contributed by atoms with van der Waals surface area (Å²) in [6.45, 7) is 0.708. The van der Waals surface area contributed by atoms with E-state index in [1.165, 1.54) is 24.3 Å². The van der Waals surface area contributed by atoms with Gasteiger partial charge in [0.1, 0.15) is 26.9 Å². The van der Waals surface area contributed by atoms with E-state index < -0.39 is 47.7 Å². The number of nitrogens with zero attached hydrogens (tertiary/aromatic N) is 8. The number of nitrogens with one attached hydrogen (secondary N) is 6. The molecule has 0 saturated heterocycles. The summed E-state index contributed by atoms with van der Waals surface area (Å²) in [5, 5.41) is 33.9. The van der Waals surface area contributed by atoms with Gasteiger partial charge in [0, 0.05) is 39.3 Å². The Morgan fingerprint density at radius 3 is 1.75 bits per heavy atom. The highest BCUT2D eigenvalue weighted by atomic mass is 35.5. The molecule has 0 unspecified atom stereocenters. The highest BCUT2D eigenvalue weighted by Gasteiger charge is 2.34. The second-order valence-corrected chi connectivity index (χ2v) is 18.1. The third-order valence-corrected chi connectivity index (χ3v) is 12.1. The van der Waals surface area contributed by atoms with E-state index >= 15 is 0 Å². The maximum atomic E-state index is 12.9. The predicted octanol–water partition coefficient (Wildman–Crippen LogP) is 5.35. The van der Waals surface area contributed by atoms with E-state index in [-0.39, 0.29) is 154 Å². The maximum Gasteiger partial charge on any atom is 0.305 e. The molecule has 4 heterocycles. The van der Waals surface area contributed by atoms with Gasteiger partial charge in [-0.25, -0.2) is 4.98 Å². The number of carbonyl (C=O) groups is 2. The Balaban J connectivity index is 1.09. The van der Waals surface area contributed by atoms with Crippen molar-refractivity contribution in [1.29, 1.82) is 0 Å². The summed E-state index contributed by atoms with van der Waals surface area (Å²) in [4.78, 5) is 53.0.